The van der Waals surface area contributed by atoms with Crippen molar-refractivity contribution in [3.8, 4) is 0 Å². The number of benzene rings is 1. The zero-order valence-electron chi connectivity index (χ0n) is 10.3. The van der Waals surface area contributed by atoms with E-state index in [1.54, 1.807) is 6.92 Å². The lowest BCUT2D eigenvalue weighted by Crippen LogP contribution is -2.31. The molecule has 0 fully saturated rings. The van der Waals surface area contributed by atoms with Crippen molar-refractivity contribution >= 4 is 29.8 Å². The molecule has 0 heterocycles. The first-order valence-corrected chi connectivity index (χ1v) is 9.03. The fourth-order valence-electron chi connectivity index (χ4n) is 1.18. The first kappa shape index (κ1) is 16.4. The van der Waals surface area contributed by atoms with Crippen LogP contribution in [0.25, 0.3) is 0 Å². The Kier molecular flexibility index (Phi) is 5.34. The second kappa shape index (κ2) is 6.19. The molecule has 0 radical (unpaired) electrons. The van der Waals surface area contributed by atoms with E-state index < -0.39 is 19.1 Å². The SMILES string of the molecule is COC(C)CNS(=O)(=O)c1ccc(S(=O)(=O)Cl)cc1. The molecule has 0 aliphatic carbocycles. The van der Waals surface area contributed by atoms with E-state index in [0.29, 0.717) is 0 Å². The predicted molar refractivity (Wildman–Crippen MR) is 71.1 cm³/mol. The molecule has 1 atom stereocenters. The van der Waals surface area contributed by atoms with Crippen LogP contribution in [-0.2, 0) is 23.8 Å². The van der Waals surface area contributed by atoms with Gasteiger partial charge in [-0.2, -0.15) is 0 Å². The third-order valence-electron chi connectivity index (χ3n) is 2.38. The van der Waals surface area contributed by atoms with E-state index >= 15 is 0 Å². The first-order chi connectivity index (χ1) is 8.66. The Bertz CT molecular complexity index is 624. The lowest BCUT2D eigenvalue weighted by Gasteiger charge is -2.11. The van der Waals surface area contributed by atoms with E-state index in [-0.39, 0.29) is 22.4 Å². The number of methoxy groups -OCH3 is 1. The van der Waals surface area contributed by atoms with Crippen LogP contribution in [0.5, 0.6) is 0 Å². The lowest BCUT2D eigenvalue weighted by molar-refractivity contribution is 0.122. The summed E-state index contributed by atoms with van der Waals surface area (Å²) in [6, 6.07) is 4.62. The number of rotatable bonds is 6. The molecule has 108 valence electrons. The van der Waals surface area contributed by atoms with Crippen LogP contribution in [0.15, 0.2) is 34.1 Å². The average Bonchev–Trinajstić information content (AvgIpc) is 2.35. The minimum absolute atomic E-state index is 0.0418. The molecule has 1 aromatic rings. The van der Waals surface area contributed by atoms with Crippen LogP contribution in [0.2, 0.25) is 0 Å². The van der Waals surface area contributed by atoms with Crippen molar-refractivity contribution in [2.24, 2.45) is 0 Å². The normalized spacial score (nSPS) is 14.3. The predicted octanol–water partition coefficient (Wildman–Crippen LogP) is 0.927. The molecule has 0 aromatic heterocycles. The average molecular weight is 328 g/mol. The molecule has 19 heavy (non-hydrogen) atoms. The minimum atomic E-state index is -3.86. The summed E-state index contributed by atoms with van der Waals surface area (Å²) in [5.41, 5.74) is 0. The fraction of sp³-hybridized carbons (Fsp3) is 0.400. The molecule has 9 heteroatoms. The van der Waals surface area contributed by atoms with Gasteiger partial charge in [0.05, 0.1) is 15.9 Å². The highest BCUT2D eigenvalue weighted by atomic mass is 35.7. The topological polar surface area (TPSA) is 89.5 Å². The molecule has 0 saturated heterocycles. The maximum Gasteiger partial charge on any atom is 0.261 e. The van der Waals surface area contributed by atoms with E-state index in [0.717, 1.165) is 12.1 Å². The molecule has 0 spiro atoms. The molecule has 0 amide bonds. The summed E-state index contributed by atoms with van der Waals surface area (Å²) in [4.78, 5) is -0.196. The Morgan fingerprint density at radius 1 is 1.16 bits per heavy atom. The molecular formula is C10H14ClNO5S2. The van der Waals surface area contributed by atoms with E-state index in [1.165, 1.54) is 19.2 Å². The molecule has 1 unspecified atom stereocenters. The Labute approximate surface area is 117 Å². The van der Waals surface area contributed by atoms with Crippen LogP contribution in [0, 0.1) is 0 Å². The van der Waals surface area contributed by atoms with Crippen LogP contribution in [0.1, 0.15) is 6.92 Å². The van der Waals surface area contributed by atoms with Gasteiger partial charge in [-0.05, 0) is 31.2 Å². The second-order valence-electron chi connectivity index (χ2n) is 3.81. The quantitative estimate of drug-likeness (QED) is 0.785. The zero-order chi connectivity index (χ0) is 14.7. The Morgan fingerprint density at radius 2 is 1.63 bits per heavy atom. The number of hydrogen-bond acceptors (Lipinski definition) is 5. The van der Waals surface area contributed by atoms with Gasteiger partial charge in [0.2, 0.25) is 10.0 Å². The molecule has 1 aromatic carbocycles. The van der Waals surface area contributed by atoms with Crippen molar-refractivity contribution in [2.75, 3.05) is 13.7 Å². The van der Waals surface area contributed by atoms with Crippen molar-refractivity contribution in [1.29, 1.82) is 0 Å². The molecule has 0 bridgehead atoms. The summed E-state index contributed by atoms with van der Waals surface area (Å²) in [6.07, 6.45) is -0.266. The zero-order valence-corrected chi connectivity index (χ0v) is 12.7. The molecule has 0 aliphatic heterocycles. The summed E-state index contributed by atoms with van der Waals surface area (Å²) in [7, 11) is -0.945. The van der Waals surface area contributed by atoms with E-state index in [9.17, 15) is 16.8 Å². The van der Waals surface area contributed by atoms with Crippen LogP contribution >= 0.6 is 10.7 Å². The van der Waals surface area contributed by atoms with Gasteiger partial charge in [0.25, 0.3) is 9.05 Å². The Hall–Kier alpha value is -0.670. The number of nitrogens with one attached hydrogen (secondary N) is 1. The van der Waals surface area contributed by atoms with Crippen molar-refractivity contribution in [1.82, 2.24) is 4.72 Å². The van der Waals surface area contributed by atoms with Crippen LogP contribution in [0.4, 0.5) is 0 Å². The van der Waals surface area contributed by atoms with E-state index in [4.69, 9.17) is 15.4 Å². The van der Waals surface area contributed by atoms with Gasteiger partial charge in [0, 0.05) is 24.3 Å². The summed E-state index contributed by atoms with van der Waals surface area (Å²) in [5, 5.41) is 0. The second-order valence-corrected chi connectivity index (χ2v) is 8.14. The van der Waals surface area contributed by atoms with Crippen molar-refractivity contribution < 1.29 is 21.6 Å². The van der Waals surface area contributed by atoms with Gasteiger partial charge >= 0.3 is 0 Å². The standard InChI is InChI=1S/C10H14ClNO5S2/c1-8(17-2)7-12-19(15,16)10-5-3-9(4-6-10)18(11,13)14/h3-6,8,12H,7H2,1-2H3. The van der Waals surface area contributed by atoms with Crippen molar-refractivity contribution in [2.45, 2.75) is 22.8 Å². The Morgan fingerprint density at radius 3 is 2.05 bits per heavy atom. The number of ether oxygens (including phenoxy) is 1. The van der Waals surface area contributed by atoms with Gasteiger partial charge in [0.15, 0.2) is 0 Å². The highest BCUT2D eigenvalue weighted by molar-refractivity contribution is 8.13. The van der Waals surface area contributed by atoms with Crippen LogP contribution < -0.4 is 4.72 Å². The molecule has 0 aliphatic rings. The van der Waals surface area contributed by atoms with Gasteiger partial charge < -0.3 is 4.74 Å². The van der Waals surface area contributed by atoms with Crippen molar-refractivity contribution in [3.05, 3.63) is 24.3 Å². The lowest BCUT2D eigenvalue weighted by atomic mass is 10.4. The summed E-state index contributed by atoms with van der Waals surface area (Å²) in [5.74, 6) is 0. The number of halogens is 1. The fourth-order valence-corrected chi connectivity index (χ4v) is 3.06. The molecule has 1 rings (SSSR count). The summed E-state index contributed by atoms with van der Waals surface area (Å²) >= 11 is 0. The van der Waals surface area contributed by atoms with Gasteiger partial charge in [0.1, 0.15) is 0 Å². The van der Waals surface area contributed by atoms with Gasteiger partial charge in [-0.25, -0.2) is 21.6 Å². The van der Waals surface area contributed by atoms with Crippen molar-refractivity contribution in [3.63, 3.8) is 0 Å². The Balaban J connectivity index is 2.91. The van der Waals surface area contributed by atoms with E-state index in [1.807, 2.05) is 0 Å². The molecule has 1 N–H and O–H groups in total. The molecule has 0 saturated carbocycles. The minimum Gasteiger partial charge on any atom is -0.380 e. The highest BCUT2D eigenvalue weighted by Crippen LogP contribution is 2.17. The maximum atomic E-state index is 11.9. The molecular weight excluding hydrogens is 314 g/mol. The smallest absolute Gasteiger partial charge is 0.261 e. The largest absolute Gasteiger partial charge is 0.380 e. The van der Waals surface area contributed by atoms with Gasteiger partial charge in [-0.3, -0.25) is 0 Å². The third-order valence-corrected chi connectivity index (χ3v) is 5.19. The first-order valence-electron chi connectivity index (χ1n) is 5.24. The van der Waals surface area contributed by atoms with Gasteiger partial charge in [-0.15, -0.1) is 0 Å². The van der Waals surface area contributed by atoms with Crippen LogP contribution in [0.3, 0.4) is 0 Å². The van der Waals surface area contributed by atoms with E-state index in [2.05, 4.69) is 4.72 Å². The maximum absolute atomic E-state index is 11.9. The highest BCUT2D eigenvalue weighted by Gasteiger charge is 2.17. The summed E-state index contributed by atoms with van der Waals surface area (Å²) in [6.45, 7) is 1.83. The number of sulfonamides is 1. The third kappa shape index (κ3) is 4.73. The van der Waals surface area contributed by atoms with Gasteiger partial charge in [-0.1, -0.05) is 0 Å². The molecule has 6 nitrogen and oxygen atoms in total. The van der Waals surface area contributed by atoms with Crippen LogP contribution in [-0.4, -0.2) is 36.6 Å². The number of hydrogen-bond donors (Lipinski definition) is 1. The monoisotopic (exact) mass is 327 g/mol. The summed E-state index contributed by atoms with van der Waals surface area (Å²) < 4.78 is 53.1.